The zero-order valence-electron chi connectivity index (χ0n) is 10.8. The van der Waals surface area contributed by atoms with Gasteiger partial charge in [0.1, 0.15) is 5.82 Å². The highest BCUT2D eigenvalue weighted by molar-refractivity contribution is 5.86. The zero-order chi connectivity index (χ0) is 13.0. The molecule has 2 rings (SSSR count). The molecule has 0 aromatic carbocycles. The predicted molar refractivity (Wildman–Crippen MR) is 68.4 cm³/mol. The molecule has 0 atom stereocenters. The van der Waals surface area contributed by atoms with Crippen LogP contribution in [0.3, 0.4) is 0 Å². The molecule has 1 saturated carbocycles. The number of hydrogen-bond donors (Lipinski definition) is 1. The fraction of sp³-hybridized carbons (Fsp3) is 0.615. The molecule has 1 aliphatic rings. The maximum Gasteiger partial charge on any atom is 0.358 e. The molecular formula is C13H19N3O2. The van der Waals surface area contributed by atoms with Gasteiger partial charge in [0.15, 0.2) is 5.69 Å². The monoisotopic (exact) mass is 249 g/mol. The van der Waals surface area contributed by atoms with Gasteiger partial charge in [-0.15, -0.1) is 10.2 Å². The number of rotatable bonds is 3. The van der Waals surface area contributed by atoms with Crippen LogP contribution in [0.25, 0.3) is 0 Å². The van der Waals surface area contributed by atoms with E-state index >= 15 is 0 Å². The van der Waals surface area contributed by atoms with Crippen molar-refractivity contribution < 1.29 is 9.53 Å². The van der Waals surface area contributed by atoms with Crippen LogP contribution < -0.4 is 5.32 Å². The van der Waals surface area contributed by atoms with E-state index in [0.717, 1.165) is 11.7 Å². The van der Waals surface area contributed by atoms with Crippen LogP contribution in [0, 0.1) is 5.92 Å². The van der Waals surface area contributed by atoms with Gasteiger partial charge >= 0.3 is 5.97 Å². The number of nitrogens with one attached hydrogen (secondary N) is 1. The molecule has 1 N–H and O–H groups in total. The van der Waals surface area contributed by atoms with Crippen LogP contribution in [0.4, 0.5) is 5.82 Å². The lowest BCUT2D eigenvalue weighted by molar-refractivity contribution is 0.0593. The van der Waals surface area contributed by atoms with E-state index in [9.17, 15) is 4.79 Å². The SMILES string of the molecule is COC(=O)c1ccc(NC2CCC(C)CC2)nn1. The number of ether oxygens (including phenoxy) is 1. The summed E-state index contributed by atoms with van der Waals surface area (Å²) >= 11 is 0. The van der Waals surface area contributed by atoms with E-state index in [1.165, 1.54) is 32.8 Å². The van der Waals surface area contributed by atoms with Crippen molar-refractivity contribution in [1.82, 2.24) is 10.2 Å². The van der Waals surface area contributed by atoms with Crippen molar-refractivity contribution in [2.75, 3.05) is 12.4 Å². The summed E-state index contributed by atoms with van der Waals surface area (Å²) in [6.45, 7) is 2.29. The summed E-state index contributed by atoms with van der Waals surface area (Å²) in [5.74, 6) is 1.10. The molecule has 0 radical (unpaired) electrons. The van der Waals surface area contributed by atoms with Gasteiger partial charge in [0, 0.05) is 6.04 Å². The molecule has 1 heterocycles. The lowest BCUT2D eigenvalue weighted by atomic mass is 9.87. The maximum absolute atomic E-state index is 11.2. The summed E-state index contributed by atoms with van der Waals surface area (Å²) in [7, 11) is 1.33. The Labute approximate surface area is 107 Å². The molecule has 1 aliphatic carbocycles. The highest BCUT2D eigenvalue weighted by atomic mass is 16.5. The number of aromatic nitrogens is 2. The minimum Gasteiger partial charge on any atom is -0.464 e. The van der Waals surface area contributed by atoms with Crippen LogP contribution in [0.15, 0.2) is 12.1 Å². The lowest BCUT2D eigenvalue weighted by Crippen LogP contribution is -2.25. The van der Waals surface area contributed by atoms with Crippen molar-refractivity contribution in [1.29, 1.82) is 0 Å². The number of carbonyl (C=O) groups is 1. The molecule has 98 valence electrons. The molecule has 1 aromatic rings. The van der Waals surface area contributed by atoms with Gasteiger partial charge < -0.3 is 10.1 Å². The zero-order valence-corrected chi connectivity index (χ0v) is 10.8. The number of nitrogens with zero attached hydrogens (tertiary/aromatic N) is 2. The number of anilines is 1. The Morgan fingerprint density at radius 3 is 2.56 bits per heavy atom. The quantitative estimate of drug-likeness (QED) is 0.832. The molecule has 0 aliphatic heterocycles. The first kappa shape index (κ1) is 12.8. The van der Waals surface area contributed by atoms with Crippen molar-refractivity contribution in [2.45, 2.75) is 38.6 Å². The van der Waals surface area contributed by atoms with Crippen LogP contribution in [0.1, 0.15) is 43.1 Å². The first-order valence-electron chi connectivity index (χ1n) is 6.37. The number of esters is 1. The molecule has 0 bridgehead atoms. The average Bonchev–Trinajstić information content (AvgIpc) is 2.41. The van der Waals surface area contributed by atoms with Gasteiger partial charge in [-0.05, 0) is 43.7 Å². The van der Waals surface area contributed by atoms with Crippen molar-refractivity contribution in [2.24, 2.45) is 5.92 Å². The molecule has 0 amide bonds. The summed E-state index contributed by atoms with van der Waals surface area (Å²) in [6.07, 6.45) is 4.85. The molecule has 5 nitrogen and oxygen atoms in total. The Morgan fingerprint density at radius 2 is 2.00 bits per heavy atom. The topological polar surface area (TPSA) is 64.1 Å². The van der Waals surface area contributed by atoms with Crippen molar-refractivity contribution >= 4 is 11.8 Å². The van der Waals surface area contributed by atoms with Gasteiger partial charge in [-0.25, -0.2) is 4.79 Å². The summed E-state index contributed by atoms with van der Waals surface area (Å²) in [5, 5.41) is 11.2. The molecule has 0 unspecified atom stereocenters. The number of methoxy groups -OCH3 is 1. The molecular weight excluding hydrogens is 230 g/mol. The van der Waals surface area contributed by atoms with Crippen LogP contribution in [-0.2, 0) is 4.74 Å². The Morgan fingerprint density at radius 1 is 1.28 bits per heavy atom. The molecule has 0 saturated heterocycles. The van der Waals surface area contributed by atoms with Gasteiger partial charge in [-0.2, -0.15) is 0 Å². The standard InChI is InChI=1S/C13H19N3O2/c1-9-3-5-10(6-4-9)14-12-8-7-11(15-16-12)13(17)18-2/h7-10H,3-6H2,1-2H3,(H,14,16). The second-order valence-corrected chi connectivity index (χ2v) is 4.90. The largest absolute Gasteiger partial charge is 0.464 e. The third-order valence-corrected chi connectivity index (χ3v) is 3.43. The molecule has 1 aromatic heterocycles. The predicted octanol–water partition coefficient (Wildman–Crippen LogP) is 2.25. The van der Waals surface area contributed by atoms with E-state index in [2.05, 4.69) is 27.2 Å². The van der Waals surface area contributed by atoms with Crippen LogP contribution in [-0.4, -0.2) is 29.3 Å². The molecule has 1 fully saturated rings. The summed E-state index contributed by atoms with van der Waals surface area (Å²) < 4.78 is 4.58. The first-order valence-corrected chi connectivity index (χ1v) is 6.37. The molecule has 0 spiro atoms. The van der Waals surface area contributed by atoms with E-state index < -0.39 is 5.97 Å². The maximum atomic E-state index is 11.2. The number of hydrogen-bond acceptors (Lipinski definition) is 5. The minimum atomic E-state index is -0.458. The summed E-state index contributed by atoms with van der Waals surface area (Å²) in [5.41, 5.74) is 0.236. The van der Waals surface area contributed by atoms with Crippen molar-refractivity contribution in [3.05, 3.63) is 17.8 Å². The second kappa shape index (κ2) is 5.80. The van der Waals surface area contributed by atoms with Crippen LogP contribution in [0.2, 0.25) is 0 Å². The van der Waals surface area contributed by atoms with E-state index in [1.807, 2.05) is 0 Å². The van der Waals surface area contributed by atoms with Crippen LogP contribution in [0.5, 0.6) is 0 Å². The Bertz CT molecular complexity index is 397. The Kier molecular flexibility index (Phi) is 4.12. The Hall–Kier alpha value is -1.65. The van der Waals surface area contributed by atoms with E-state index in [1.54, 1.807) is 12.1 Å². The smallest absolute Gasteiger partial charge is 0.358 e. The van der Waals surface area contributed by atoms with E-state index in [4.69, 9.17) is 0 Å². The van der Waals surface area contributed by atoms with Gasteiger partial charge in [0.25, 0.3) is 0 Å². The Balaban J connectivity index is 1.92. The normalized spacial score (nSPS) is 23.4. The fourth-order valence-corrected chi connectivity index (χ4v) is 2.24. The summed E-state index contributed by atoms with van der Waals surface area (Å²) in [6, 6.07) is 3.88. The number of carbonyl (C=O) groups excluding carboxylic acids is 1. The van der Waals surface area contributed by atoms with Gasteiger partial charge in [0.2, 0.25) is 0 Å². The molecule has 18 heavy (non-hydrogen) atoms. The van der Waals surface area contributed by atoms with Gasteiger partial charge in [-0.1, -0.05) is 6.92 Å². The van der Waals surface area contributed by atoms with Gasteiger partial charge in [0.05, 0.1) is 7.11 Å². The first-order chi connectivity index (χ1) is 8.69. The van der Waals surface area contributed by atoms with Crippen molar-refractivity contribution in [3.63, 3.8) is 0 Å². The van der Waals surface area contributed by atoms with Crippen molar-refractivity contribution in [3.8, 4) is 0 Å². The highest BCUT2D eigenvalue weighted by Gasteiger charge is 2.18. The lowest BCUT2D eigenvalue weighted by Gasteiger charge is -2.27. The van der Waals surface area contributed by atoms with E-state index in [-0.39, 0.29) is 5.69 Å². The molecule has 5 heteroatoms. The second-order valence-electron chi connectivity index (χ2n) is 4.90. The van der Waals surface area contributed by atoms with Gasteiger partial charge in [-0.3, -0.25) is 0 Å². The third kappa shape index (κ3) is 3.18. The van der Waals surface area contributed by atoms with Crippen LogP contribution >= 0.6 is 0 Å². The average molecular weight is 249 g/mol. The third-order valence-electron chi connectivity index (χ3n) is 3.43. The highest BCUT2D eigenvalue weighted by Crippen LogP contribution is 2.25. The van der Waals surface area contributed by atoms with E-state index in [0.29, 0.717) is 6.04 Å². The summed E-state index contributed by atoms with van der Waals surface area (Å²) in [4.78, 5) is 11.2. The fourth-order valence-electron chi connectivity index (χ4n) is 2.24. The minimum absolute atomic E-state index is 0.236.